The second-order valence-corrected chi connectivity index (χ2v) is 7.24. The van der Waals surface area contributed by atoms with Gasteiger partial charge in [0.15, 0.2) is 0 Å². The summed E-state index contributed by atoms with van der Waals surface area (Å²) in [5, 5.41) is 0. The van der Waals surface area contributed by atoms with Crippen molar-refractivity contribution in [2.45, 2.75) is 33.2 Å². The number of nitrogen functional groups attached to an aromatic ring is 1. The molecule has 0 unspecified atom stereocenters. The molecule has 8 nitrogen and oxygen atoms in total. The molecule has 0 spiro atoms. The number of hydrogen-bond acceptors (Lipinski definition) is 6. The smallest absolute Gasteiger partial charge is 0.331 e. The number of aryl methyl sites for hydroxylation is 1. The molecule has 0 radical (unpaired) electrons. The standard InChI is InChI=1S/C21H21FN4O4/c1-11(2)18-19(28)25-21(29)26(9-13-7-16(22)24-17(23)8-13)20(18)30-15-5-12(3)4-14(6-15)10-27/h4-8,10-11H,9H2,1-3H3,(H2,23,24)(H,25,28,29). The van der Waals surface area contributed by atoms with E-state index in [9.17, 15) is 18.8 Å². The van der Waals surface area contributed by atoms with Crippen LogP contribution in [0.1, 0.15) is 46.8 Å². The first-order chi connectivity index (χ1) is 14.2. The van der Waals surface area contributed by atoms with Crippen molar-refractivity contribution < 1.29 is 13.9 Å². The molecule has 156 valence electrons. The molecule has 0 bridgehead atoms. The van der Waals surface area contributed by atoms with E-state index in [0.717, 1.165) is 11.6 Å². The monoisotopic (exact) mass is 412 g/mol. The molecule has 0 atom stereocenters. The number of anilines is 1. The third-order valence-electron chi connectivity index (χ3n) is 4.40. The number of halogens is 1. The predicted molar refractivity (Wildman–Crippen MR) is 110 cm³/mol. The maximum Gasteiger partial charge on any atom is 0.331 e. The van der Waals surface area contributed by atoms with E-state index in [4.69, 9.17) is 10.5 Å². The number of carbonyl (C=O) groups is 1. The summed E-state index contributed by atoms with van der Waals surface area (Å²) in [5.74, 6) is -0.813. The quantitative estimate of drug-likeness (QED) is 0.474. The summed E-state index contributed by atoms with van der Waals surface area (Å²) >= 11 is 0. The van der Waals surface area contributed by atoms with Crippen LogP contribution in [0, 0.1) is 12.9 Å². The Morgan fingerprint density at radius 2 is 1.97 bits per heavy atom. The van der Waals surface area contributed by atoms with Crippen LogP contribution in [0.5, 0.6) is 11.6 Å². The summed E-state index contributed by atoms with van der Waals surface area (Å²) in [7, 11) is 0. The van der Waals surface area contributed by atoms with E-state index in [1.165, 1.54) is 16.7 Å². The van der Waals surface area contributed by atoms with Crippen LogP contribution in [0.25, 0.3) is 0 Å². The lowest BCUT2D eigenvalue weighted by atomic mass is 10.1. The van der Waals surface area contributed by atoms with E-state index in [0.29, 0.717) is 17.4 Å². The molecule has 30 heavy (non-hydrogen) atoms. The van der Waals surface area contributed by atoms with Crippen LogP contribution in [0.4, 0.5) is 10.2 Å². The van der Waals surface area contributed by atoms with E-state index in [1.807, 2.05) is 0 Å². The van der Waals surface area contributed by atoms with Crippen LogP contribution in [0.3, 0.4) is 0 Å². The van der Waals surface area contributed by atoms with Crippen LogP contribution in [-0.4, -0.2) is 20.8 Å². The summed E-state index contributed by atoms with van der Waals surface area (Å²) in [4.78, 5) is 42.1. The van der Waals surface area contributed by atoms with Gasteiger partial charge in [0.2, 0.25) is 11.8 Å². The number of aldehydes is 1. The minimum Gasteiger partial charge on any atom is -0.440 e. The van der Waals surface area contributed by atoms with Crippen molar-refractivity contribution in [3.8, 4) is 11.6 Å². The third kappa shape index (κ3) is 4.45. The number of nitrogens with one attached hydrogen (secondary N) is 1. The Morgan fingerprint density at radius 3 is 2.60 bits per heavy atom. The number of nitrogens with two attached hydrogens (primary N) is 1. The maximum atomic E-state index is 13.7. The SMILES string of the molecule is Cc1cc(C=O)cc(Oc2c(C(C)C)c(=O)[nH]c(=O)n2Cc2cc(N)nc(F)c2)c1. The Hall–Kier alpha value is -3.75. The third-order valence-corrected chi connectivity index (χ3v) is 4.40. The van der Waals surface area contributed by atoms with Crippen LogP contribution in [-0.2, 0) is 6.54 Å². The molecule has 0 fully saturated rings. The van der Waals surface area contributed by atoms with E-state index in [2.05, 4.69) is 9.97 Å². The van der Waals surface area contributed by atoms with Crippen LogP contribution >= 0.6 is 0 Å². The maximum absolute atomic E-state index is 13.7. The zero-order valence-electron chi connectivity index (χ0n) is 16.7. The number of ether oxygens (including phenoxy) is 1. The molecule has 3 rings (SSSR count). The van der Waals surface area contributed by atoms with Crippen molar-refractivity contribution in [2.24, 2.45) is 0 Å². The second kappa shape index (κ2) is 8.32. The molecular formula is C21H21FN4O4. The van der Waals surface area contributed by atoms with Crippen molar-refractivity contribution in [1.29, 1.82) is 0 Å². The molecule has 1 aromatic carbocycles. The molecule has 3 aromatic rings. The highest BCUT2D eigenvalue weighted by atomic mass is 19.1. The molecule has 0 saturated heterocycles. The van der Waals surface area contributed by atoms with Crippen LogP contribution in [0.15, 0.2) is 39.9 Å². The van der Waals surface area contributed by atoms with Gasteiger partial charge in [0.25, 0.3) is 5.56 Å². The molecule has 0 aliphatic heterocycles. The van der Waals surface area contributed by atoms with Crippen LogP contribution < -0.4 is 21.7 Å². The number of H-pyrrole nitrogens is 1. The second-order valence-electron chi connectivity index (χ2n) is 7.24. The Bertz CT molecular complexity index is 1210. The number of pyridine rings is 1. The van der Waals surface area contributed by atoms with Gasteiger partial charge in [-0.25, -0.2) is 9.78 Å². The van der Waals surface area contributed by atoms with Gasteiger partial charge in [-0.05, 0) is 54.3 Å². The molecule has 2 aromatic heterocycles. The minimum absolute atomic E-state index is 0.0111. The zero-order chi connectivity index (χ0) is 22.0. The van der Waals surface area contributed by atoms with Crippen molar-refractivity contribution in [2.75, 3.05) is 5.73 Å². The van der Waals surface area contributed by atoms with Gasteiger partial charge in [-0.15, -0.1) is 0 Å². The molecule has 9 heteroatoms. The number of hydrogen-bond donors (Lipinski definition) is 2. The molecular weight excluding hydrogens is 391 g/mol. The average molecular weight is 412 g/mol. The highest BCUT2D eigenvalue weighted by molar-refractivity contribution is 5.76. The van der Waals surface area contributed by atoms with Gasteiger partial charge < -0.3 is 10.5 Å². The van der Waals surface area contributed by atoms with Gasteiger partial charge in [0, 0.05) is 5.56 Å². The summed E-state index contributed by atoms with van der Waals surface area (Å²) < 4.78 is 20.8. The zero-order valence-corrected chi connectivity index (χ0v) is 16.7. The lowest BCUT2D eigenvalue weighted by molar-refractivity contribution is 0.112. The number of nitrogens with zero attached hydrogens (tertiary/aromatic N) is 2. The first-order valence-electron chi connectivity index (χ1n) is 9.21. The molecule has 0 saturated carbocycles. The topological polar surface area (TPSA) is 120 Å². The van der Waals surface area contributed by atoms with E-state index in [-0.39, 0.29) is 35.5 Å². The summed E-state index contributed by atoms with van der Waals surface area (Å²) in [5.41, 5.74) is 6.06. The lowest BCUT2D eigenvalue weighted by Crippen LogP contribution is -2.34. The van der Waals surface area contributed by atoms with Crippen molar-refractivity contribution in [3.63, 3.8) is 0 Å². The minimum atomic E-state index is -0.789. The van der Waals surface area contributed by atoms with Crippen LogP contribution in [0.2, 0.25) is 0 Å². The van der Waals surface area contributed by atoms with Gasteiger partial charge in [-0.1, -0.05) is 13.8 Å². The normalized spacial score (nSPS) is 11.0. The Balaban J connectivity index is 2.20. The Labute approximate surface area is 171 Å². The number of benzene rings is 1. The molecule has 0 aliphatic carbocycles. The molecule has 0 amide bonds. The predicted octanol–water partition coefficient (Wildman–Crippen LogP) is 2.74. The Morgan fingerprint density at radius 1 is 1.23 bits per heavy atom. The van der Waals surface area contributed by atoms with E-state index in [1.54, 1.807) is 32.9 Å². The number of aromatic amines is 1. The fourth-order valence-electron chi connectivity index (χ4n) is 3.19. The number of aromatic nitrogens is 3. The summed E-state index contributed by atoms with van der Waals surface area (Å²) in [6.45, 7) is 5.24. The van der Waals surface area contributed by atoms with Crippen molar-refractivity contribution in [3.05, 3.63) is 79.4 Å². The van der Waals surface area contributed by atoms with Gasteiger partial charge >= 0.3 is 5.69 Å². The fraction of sp³-hybridized carbons (Fsp3) is 0.238. The lowest BCUT2D eigenvalue weighted by Gasteiger charge is -2.19. The van der Waals surface area contributed by atoms with E-state index < -0.39 is 17.2 Å². The Kier molecular flexibility index (Phi) is 5.81. The average Bonchev–Trinajstić information content (AvgIpc) is 2.63. The van der Waals surface area contributed by atoms with Gasteiger partial charge in [0.05, 0.1) is 12.1 Å². The molecule has 3 N–H and O–H groups in total. The molecule has 2 heterocycles. The van der Waals surface area contributed by atoms with Crippen molar-refractivity contribution in [1.82, 2.24) is 14.5 Å². The first-order valence-corrected chi connectivity index (χ1v) is 9.21. The van der Waals surface area contributed by atoms with Gasteiger partial charge in [-0.3, -0.25) is 19.1 Å². The van der Waals surface area contributed by atoms with Gasteiger partial charge in [0.1, 0.15) is 17.9 Å². The summed E-state index contributed by atoms with van der Waals surface area (Å²) in [6.07, 6.45) is 0.677. The van der Waals surface area contributed by atoms with Gasteiger partial charge in [-0.2, -0.15) is 4.39 Å². The van der Waals surface area contributed by atoms with E-state index >= 15 is 0 Å². The fourth-order valence-corrected chi connectivity index (χ4v) is 3.19. The highest BCUT2D eigenvalue weighted by Crippen LogP contribution is 2.29. The number of rotatable bonds is 6. The molecule has 0 aliphatic rings. The van der Waals surface area contributed by atoms with Crippen molar-refractivity contribution >= 4 is 12.1 Å². The largest absolute Gasteiger partial charge is 0.440 e. The number of carbonyl (C=O) groups excluding carboxylic acids is 1. The first kappa shape index (κ1) is 21.0. The highest BCUT2D eigenvalue weighted by Gasteiger charge is 2.21. The summed E-state index contributed by atoms with van der Waals surface area (Å²) in [6, 6.07) is 7.43.